The molecule has 144 valence electrons. The van der Waals surface area contributed by atoms with Crippen LogP contribution in [0.25, 0.3) is 0 Å². The van der Waals surface area contributed by atoms with Crippen LogP contribution in [0, 0.1) is 0 Å². The summed E-state index contributed by atoms with van der Waals surface area (Å²) in [5.41, 5.74) is 1.62. The van der Waals surface area contributed by atoms with Crippen LogP contribution < -0.4 is 24.4 Å². The average molecular weight is 370 g/mol. The highest BCUT2D eigenvalue weighted by molar-refractivity contribution is 5.98. The minimum atomic E-state index is -0.187. The molecule has 0 spiro atoms. The number of hydrogen-bond donors (Lipinski definition) is 1. The third-order valence-electron chi connectivity index (χ3n) is 4.91. The van der Waals surface area contributed by atoms with E-state index in [1.807, 2.05) is 18.2 Å². The highest BCUT2D eigenvalue weighted by Crippen LogP contribution is 2.39. The molecule has 1 saturated heterocycles. The molecule has 3 rings (SSSR count). The quantitative estimate of drug-likeness (QED) is 0.812. The van der Waals surface area contributed by atoms with E-state index in [-0.39, 0.29) is 11.9 Å². The summed E-state index contributed by atoms with van der Waals surface area (Å²) < 4.78 is 16.1. The first kappa shape index (κ1) is 18.9. The summed E-state index contributed by atoms with van der Waals surface area (Å²) in [6.45, 7) is 1.58. The zero-order valence-corrected chi connectivity index (χ0v) is 16.0. The first-order valence-electron chi connectivity index (χ1n) is 9.08. The van der Waals surface area contributed by atoms with Crippen molar-refractivity contribution in [2.45, 2.75) is 18.9 Å². The maximum Gasteiger partial charge on any atom is 0.255 e. The first-order chi connectivity index (χ1) is 13.2. The zero-order valence-electron chi connectivity index (χ0n) is 16.0. The predicted molar refractivity (Wildman–Crippen MR) is 105 cm³/mol. The molecule has 6 heteroatoms. The first-order valence-corrected chi connectivity index (χ1v) is 9.08. The molecule has 1 fully saturated rings. The van der Waals surface area contributed by atoms with Crippen molar-refractivity contribution in [1.29, 1.82) is 0 Å². The van der Waals surface area contributed by atoms with Crippen molar-refractivity contribution < 1.29 is 19.0 Å². The molecule has 1 N–H and O–H groups in total. The average Bonchev–Trinajstić information content (AvgIpc) is 3.19. The number of methoxy groups -OCH3 is 3. The largest absolute Gasteiger partial charge is 0.493 e. The number of amides is 1. The molecule has 1 unspecified atom stereocenters. The molecule has 27 heavy (non-hydrogen) atoms. The molecule has 0 bridgehead atoms. The minimum Gasteiger partial charge on any atom is -0.493 e. The third-order valence-corrected chi connectivity index (χ3v) is 4.91. The molecule has 1 amide bonds. The van der Waals surface area contributed by atoms with Gasteiger partial charge in [-0.1, -0.05) is 18.2 Å². The monoisotopic (exact) mass is 370 g/mol. The van der Waals surface area contributed by atoms with Gasteiger partial charge in [0.2, 0.25) is 5.75 Å². The maximum atomic E-state index is 12.8. The summed E-state index contributed by atoms with van der Waals surface area (Å²) >= 11 is 0. The predicted octanol–water partition coefficient (Wildman–Crippen LogP) is 3.11. The van der Waals surface area contributed by atoms with Crippen LogP contribution >= 0.6 is 0 Å². The van der Waals surface area contributed by atoms with E-state index < -0.39 is 0 Å². The fourth-order valence-corrected chi connectivity index (χ4v) is 3.59. The molecule has 0 aliphatic carbocycles. The molecule has 0 saturated carbocycles. The zero-order chi connectivity index (χ0) is 19.2. The minimum absolute atomic E-state index is 0.187. The van der Waals surface area contributed by atoms with Crippen LogP contribution in [0.2, 0.25) is 0 Å². The van der Waals surface area contributed by atoms with Gasteiger partial charge in [0.15, 0.2) is 11.5 Å². The lowest BCUT2D eigenvalue weighted by atomic mass is 10.1. The van der Waals surface area contributed by atoms with Crippen LogP contribution in [0.15, 0.2) is 42.5 Å². The van der Waals surface area contributed by atoms with Gasteiger partial charge in [0.25, 0.3) is 5.91 Å². The molecule has 6 nitrogen and oxygen atoms in total. The van der Waals surface area contributed by atoms with Gasteiger partial charge in [0.05, 0.1) is 26.9 Å². The molecule has 1 aliphatic heterocycles. The lowest BCUT2D eigenvalue weighted by molar-refractivity contribution is 0.0947. The van der Waals surface area contributed by atoms with Crippen molar-refractivity contribution in [3.63, 3.8) is 0 Å². The number of ether oxygens (including phenoxy) is 3. The van der Waals surface area contributed by atoms with E-state index in [1.165, 1.54) is 19.9 Å². The highest BCUT2D eigenvalue weighted by atomic mass is 16.5. The van der Waals surface area contributed by atoms with Gasteiger partial charge in [-0.2, -0.15) is 0 Å². The van der Waals surface area contributed by atoms with Crippen molar-refractivity contribution in [3.05, 3.63) is 48.0 Å². The Morgan fingerprint density at radius 3 is 2.44 bits per heavy atom. The summed E-state index contributed by atoms with van der Waals surface area (Å²) in [6, 6.07) is 14.0. The second kappa shape index (κ2) is 8.66. The Morgan fingerprint density at radius 2 is 1.78 bits per heavy atom. The Labute approximate surface area is 160 Å². The van der Waals surface area contributed by atoms with E-state index in [9.17, 15) is 4.79 Å². The van der Waals surface area contributed by atoms with Crippen LogP contribution in [0.3, 0.4) is 0 Å². The Kier molecular flexibility index (Phi) is 6.06. The number of para-hydroxylation sites is 1. The van der Waals surface area contributed by atoms with Gasteiger partial charge in [-0.3, -0.25) is 4.79 Å². The smallest absolute Gasteiger partial charge is 0.255 e. The van der Waals surface area contributed by atoms with E-state index >= 15 is 0 Å². The number of hydrogen-bond acceptors (Lipinski definition) is 5. The van der Waals surface area contributed by atoms with E-state index in [4.69, 9.17) is 14.2 Å². The van der Waals surface area contributed by atoms with Crippen LogP contribution in [-0.2, 0) is 0 Å². The molecule has 1 atom stereocenters. The van der Waals surface area contributed by atoms with Gasteiger partial charge in [-0.25, -0.2) is 0 Å². The van der Waals surface area contributed by atoms with Crippen LogP contribution in [0.1, 0.15) is 23.2 Å². The Hall–Kier alpha value is -2.89. The molecule has 2 aromatic rings. The summed E-state index contributed by atoms with van der Waals surface area (Å²) in [4.78, 5) is 15.1. The lowest BCUT2D eigenvalue weighted by Gasteiger charge is -2.27. The molecular weight excluding hydrogens is 344 g/mol. The number of benzene rings is 2. The second-order valence-corrected chi connectivity index (χ2v) is 6.42. The van der Waals surface area contributed by atoms with Gasteiger partial charge in [-0.15, -0.1) is 0 Å². The summed E-state index contributed by atoms with van der Waals surface area (Å²) in [7, 11) is 4.59. The van der Waals surface area contributed by atoms with Crippen molar-refractivity contribution >= 4 is 11.6 Å². The SMILES string of the molecule is COc1ccc(C(=O)NCC2CCCN2c2ccccc2)c(OC)c1OC. The number of rotatable bonds is 7. The fourth-order valence-electron chi connectivity index (χ4n) is 3.59. The van der Waals surface area contributed by atoms with Crippen LogP contribution in [0.5, 0.6) is 17.2 Å². The number of nitrogens with zero attached hydrogens (tertiary/aromatic N) is 1. The molecule has 1 heterocycles. The summed E-state index contributed by atoms with van der Waals surface area (Å²) in [5, 5.41) is 3.05. The van der Waals surface area contributed by atoms with E-state index in [1.54, 1.807) is 19.2 Å². The molecule has 2 aromatic carbocycles. The number of carbonyl (C=O) groups is 1. The molecule has 0 radical (unpaired) electrons. The number of nitrogens with one attached hydrogen (secondary N) is 1. The molecular formula is C21H26N2O4. The lowest BCUT2D eigenvalue weighted by Crippen LogP contribution is -2.40. The van der Waals surface area contributed by atoms with Gasteiger partial charge in [0.1, 0.15) is 0 Å². The Bertz CT molecular complexity index is 779. The number of anilines is 1. The topological polar surface area (TPSA) is 60.0 Å². The van der Waals surface area contributed by atoms with Crippen molar-refractivity contribution in [1.82, 2.24) is 5.32 Å². The van der Waals surface area contributed by atoms with Gasteiger partial charge >= 0.3 is 0 Å². The third kappa shape index (κ3) is 3.94. The van der Waals surface area contributed by atoms with E-state index in [0.717, 1.165) is 19.4 Å². The normalized spacial score (nSPS) is 16.1. The highest BCUT2D eigenvalue weighted by Gasteiger charge is 2.26. The standard InChI is InChI=1S/C21H26N2O4/c1-25-18-12-11-17(19(26-2)20(18)27-3)21(24)22-14-16-10-7-13-23(16)15-8-5-4-6-9-15/h4-6,8-9,11-12,16H,7,10,13-14H2,1-3H3,(H,22,24). The maximum absolute atomic E-state index is 12.8. The fraction of sp³-hybridized carbons (Fsp3) is 0.381. The van der Waals surface area contributed by atoms with Crippen molar-refractivity contribution in [3.8, 4) is 17.2 Å². The van der Waals surface area contributed by atoms with Gasteiger partial charge in [-0.05, 0) is 37.1 Å². The van der Waals surface area contributed by atoms with Crippen LogP contribution in [0.4, 0.5) is 5.69 Å². The van der Waals surface area contributed by atoms with E-state index in [0.29, 0.717) is 29.4 Å². The molecule has 0 aromatic heterocycles. The van der Waals surface area contributed by atoms with Crippen LogP contribution in [-0.4, -0.2) is 46.4 Å². The summed E-state index contributed by atoms with van der Waals surface area (Å²) in [5.74, 6) is 1.13. The van der Waals surface area contributed by atoms with Gasteiger partial charge in [0, 0.05) is 24.8 Å². The Balaban J connectivity index is 1.72. The Morgan fingerprint density at radius 1 is 1.04 bits per heavy atom. The summed E-state index contributed by atoms with van der Waals surface area (Å²) in [6.07, 6.45) is 2.17. The van der Waals surface area contributed by atoms with E-state index in [2.05, 4.69) is 22.3 Å². The number of carbonyl (C=O) groups excluding carboxylic acids is 1. The molecule has 1 aliphatic rings. The van der Waals surface area contributed by atoms with Crippen molar-refractivity contribution in [2.24, 2.45) is 0 Å². The van der Waals surface area contributed by atoms with Gasteiger partial charge < -0.3 is 24.4 Å². The van der Waals surface area contributed by atoms with Crippen molar-refractivity contribution in [2.75, 3.05) is 39.3 Å². The second-order valence-electron chi connectivity index (χ2n) is 6.42.